The van der Waals surface area contributed by atoms with Crippen molar-refractivity contribution in [2.24, 2.45) is 0 Å². The molecule has 0 amide bonds. The molecule has 0 bridgehead atoms. The van der Waals surface area contributed by atoms with E-state index in [1.165, 1.54) is 11.8 Å². The van der Waals surface area contributed by atoms with E-state index in [0.717, 1.165) is 22.0 Å². The number of nitrogens with zero attached hydrogens (tertiary/aromatic N) is 4. The van der Waals surface area contributed by atoms with Crippen LogP contribution in [0.25, 0.3) is 10.9 Å². The van der Waals surface area contributed by atoms with Crippen molar-refractivity contribution in [2.75, 3.05) is 0 Å². The Morgan fingerprint density at radius 1 is 1.28 bits per heavy atom. The van der Waals surface area contributed by atoms with E-state index in [9.17, 15) is 4.79 Å². The molecule has 7 nitrogen and oxygen atoms in total. The van der Waals surface area contributed by atoms with Crippen molar-refractivity contribution in [3.8, 4) is 0 Å². The molecule has 0 aliphatic heterocycles. The van der Waals surface area contributed by atoms with Gasteiger partial charge in [0.05, 0.1) is 29.5 Å². The van der Waals surface area contributed by atoms with Crippen LogP contribution in [0.1, 0.15) is 17.1 Å². The molecule has 25 heavy (non-hydrogen) atoms. The summed E-state index contributed by atoms with van der Waals surface area (Å²) in [6, 6.07) is 9.34. The fraction of sp³-hybridized carbons (Fsp3) is 0.176. The van der Waals surface area contributed by atoms with Crippen molar-refractivity contribution in [1.29, 1.82) is 0 Å². The Balaban J connectivity index is 1.56. The zero-order chi connectivity index (χ0) is 17.2. The molecular formula is C17H15N5O2S. The molecule has 0 radical (unpaired) electrons. The number of benzene rings is 1. The fourth-order valence-corrected chi connectivity index (χ4v) is 3.37. The van der Waals surface area contributed by atoms with Gasteiger partial charge >= 0.3 is 0 Å². The van der Waals surface area contributed by atoms with E-state index in [1.807, 2.05) is 35.8 Å². The minimum Gasteiger partial charge on any atom is -0.467 e. The van der Waals surface area contributed by atoms with Gasteiger partial charge in [0.2, 0.25) is 0 Å². The number of aromatic amines is 1. The van der Waals surface area contributed by atoms with E-state index < -0.39 is 0 Å². The van der Waals surface area contributed by atoms with Crippen LogP contribution in [0.4, 0.5) is 0 Å². The van der Waals surface area contributed by atoms with Crippen LogP contribution in [-0.4, -0.2) is 24.7 Å². The van der Waals surface area contributed by atoms with Crippen LogP contribution in [0.3, 0.4) is 0 Å². The Morgan fingerprint density at radius 2 is 2.20 bits per heavy atom. The molecule has 0 aliphatic carbocycles. The van der Waals surface area contributed by atoms with E-state index in [0.29, 0.717) is 23.5 Å². The molecule has 0 atom stereocenters. The highest BCUT2D eigenvalue weighted by Crippen LogP contribution is 2.21. The van der Waals surface area contributed by atoms with Crippen LogP contribution in [0.5, 0.6) is 0 Å². The predicted molar refractivity (Wildman–Crippen MR) is 94.5 cm³/mol. The minimum atomic E-state index is -0.124. The molecule has 0 fully saturated rings. The summed E-state index contributed by atoms with van der Waals surface area (Å²) in [5.74, 6) is 1.94. The summed E-state index contributed by atoms with van der Waals surface area (Å²) in [6.07, 6.45) is 3.30. The predicted octanol–water partition coefficient (Wildman–Crippen LogP) is 2.76. The standard InChI is InChI=1S/C17H15N5O2S/c1-11-4-2-6-13-15(11)19-14(20-16(13)23)9-25-17-21-18-10-22(17)8-12-5-3-7-24-12/h2-7,10H,8-9H2,1H3,(H,19,20,23). The minimum absolute atomic E-state index is 0.124. The Morgan fingerprint density at radius 3 is 3.04 bits per heavy atom. The van der Waals surface area contributed by atoms with Crippen molar-refractivity contribution in [2.45, 2.75) is 24.4 Å². The SMILES string of the molecule is Cc1cccc2c(=O)[nH]c(CSc3nncn3Cc3ccco3)nc12. The molecule has 0 spiro atoms. The van der Waals surface area contributed by atoms with Gasteiger partial charge in [0.25, 0.3) is 5.56 Å². The second-order valence-electron chi connectivity index (χ2n) is 5.59. The fourth-order valence-electron chi connectivity index (χ4n) is 2.59. The average molecular weight is 353 g/mol. The van der Waals surface area contributed by atoms with E-state index in [2.05, 4.69) is 20.2 Å². The lowest BCUT2D eigenvalue weighted by Gasteiger charge is -2.06. The quantitative estimate of drug-likeness (QED) is 0.555. The Hall–Kier alpha value is -2.87. The second-order valence-corrected chi connectivity index (χ2v) is 6.54. The number of rotatable bonds is 5. The Labute approximate surface area is 147 Å². The molecule has 0 saturated carbocycles. The third-order valence-electron chi connectivity index (χ3n) is 3.81. The number of hydrogen-bond donors (Lipinski definition) is 1. The first kappa shape index (κ1) is 15.6. The van der Waals surface area contributed by atoms with Crippen LogP contribution >= 0.6 is 11.8 Å². The zero-order valence-corrected chi connectivity index (χ0v) is 14.3. The van der Waals surface area contributed by atoms with Crippen LogP contribution in [0, 0.1) is 6.92 Å². The number of aryl methyl sites for hydroxylation is 1. The van der Waals surface area contributed by atoms with E-state index in [1.54, 1.807) is 18.7 Å². The maximum atomic E-state index is 12.2. The summed E-state index contributed by atoms with van der Waals surface area (Å²) < 4.78 is 7.25. The number of H-pyrrole nitrogens is 1. The Kier molecular flexibility index (Phi) is 4.10. The second kappa shape index (κ2) is 6.56. The summed E-state index contributed by atoms with van der Waals surface area (Å²) in [5, 5.41) is 9.43. The zero-order valence-electron chi connectivity index (χ0n) is 13.5. The summed E-state index contributed by atoms with van der Waals surface area (Å²) >= 11 is 1.47. The monoisotopic (exact) mass is 353 g/mol. The maximum absolute atomic E-state index is 12.2. The van der Waals surface area contributed by atoms with Crippen LogP contribution in [0.2, 0.25) is 0 Å². The largest absolute Gasteiger partial charge is 0.467 e. The molecule has 0 aliphatic rings. The first-order chi connectivity index (χ1) is 12.2. The first-order valence-electron chi connectivity index (χ1n) is 7.72. The number of thioether (sulfide) groups is 1. The number of aromatic nitrogens is 5. The number of nitrogens with one attached hydrogen (secondary N) is 1. The molecular weight excluding hydrogens is 338 g/mol. The summed E-state index contributed by atoms with van der Waals surface area (Å²) in [4.78, 5) is 19.7. The maximum Gasteiger partial charge on any atom is 0.258 e. The highest BCUT2D eigenvalue weighted by molar-refractivity contribution is 7.98. The van der Waals surface area contributed by atoms with Crippen LogP contribution in [0.15, 0.2) is 57.3 Å². The molecule has 0 saturated heterocycles. The van der Waals surface area contributed by atoms with Crippen molar-refractivity contribution in [3.63, 3.8) is 0 Å². The van der Waals surface area contributed by atoms with Crippen molar-refractivity contribution in [1.82, 2.24) is 24.7 Å². The molecule has 126 valence electrons. The van der Waals surface area contributed by atoms with Crippen molar-refractivity contribution >= 4 is 22.7 Å². The third-order valence-corrected chi connectivity index (χ3v) is 4.80. The van der Waals surface area contributed by atoms with Crippen molar-refractivity contribution < 1.29 is 4.42 Å². The summed E-state index contributed by atoms with van der Waals surface area (Å²) in [6.45, 7) is 2.51. The van der Waals surface area contributed by atoms with Gasteiger partial charge in [-0.1, -0.05) is 23.9 Å². The van der Waals surface area contributed by atoms with Gasteiger partial charge in [-0.3, -0.25) is 4.79 Å². The summed E-state index contributed by atoms with van der Waals surface area (Å²) in [7, 11) is 0. The number of furan rings is 1. The van der Waals surface area contributed by atoms with Gasteiger partial charge in [0.1, 0.15) is 17.9 Å². The third kappa shape index (κ3) is 3.20. The van der Waals surface area contributed by atoms with Crippen molar-refractivity contribution in [3.05, 3.63) is 70.4 Å². The van der Waals surface area contributed by atoms with E-state index >= 15 is 0 Å². The van der Waals surface area contributed by atoms with Crippen LogP contribution < -0.4 is 5.56 Å². The van der Waals surface area contributed by atoms with Gasteiger partial charge in [-0.2, -0.15) is 0 Å². The molecule has 3 aromatic heterocycles. The van der Waals surface area contributed by atoms with Gasteiger partial charge < -0.3 is 14.0 Å². The number of hydrogen-bond acceptors (Lipinski definition) is 6. The number of fused-ring (bicyclic) bond motifs is 1. The molecule has 1 aromatic carbocycles. The highest BCUT2D eigenvalue weighted by Gasteiger charge is 2.10. The molecule has 1 N–H and O–H groups in total. The highest BCUT2D eigenvalue weighted by atomic mass is 32.2. The molecule has 0 unspecified atom stereocenters. The lowest BCUT2D eigenvalue weighted by atomic mass is 10.1. The van der Waals surface area contributed by atoms with E-state index in [4.69, 9.17) is 4.42 Å². The number of para-hydroxylation sites is 1. The lowest BCUT2D eigenvalue weighted by Crippen LogP contribution is -2.12. The smallest absolute Gasteiger partial charge is 0.258 e. The molecule has 4 rings (SSSR count). The van der Waals surface area contributed by atoms with E-state index in [-0.39, 0.29) is 5.56 Å². The topological polar surface area (TPSA) is 89.6 Å². The van der Waals surface area contributed by atoms with Crippen LogP contribution in [-0.2, 0) is 12.3 Å². The molecule has 3 heterocycles. The van der Waals surface area contributed by atoms with Gasteiger partial charge in [0, 0.05) is 0 Å². The normalized spacial score (nSPS) is 11.2. The Bertz CT molecular complexity index is 1070. The van der Waals surface area contributed by atoms with Gasteiger partial charge in [0.15, 0.2) is 5.16 Å². The summed E-state index contributed by atoms with van der Waals surface area (Å²) in [5.41, 5.74) is 1.59. The van der Waals surface area contributed by atoms with Gasteiger partial charge in [-0.25, -0.2) is 4.98 Å². The average Bonchev–Trinajstić information content (AvgIpc) is 3.26. The molecule has 8 heteroatoms. The molecule has 4 aromatic rings. The first-order valence-corrected chi connectivity index (χ1v) is 8.71. The van der Waals surface area contributed by atoms with Gasteiger partial charge in [-0.15, -0.1) is 10.2 Å². The van der Waals surface area contributed by atoms with Gasteiger partial charge in [-0.05, 0) is 30.7 Å². The lowest BCUT2D eigenvalue weighted by molar-refractivity contribution is 0.484.